The summed E-state index contributed by atoms with van der Waals surface area (Å²) in [6.07, 6.45) is 3.97. The fourth-order valence-corrected chi connectivity index (χ4v) is 3.73. The van der Waals surface area contributed by atoms with Crippen molar-refractivity contribution in [2.75, 3.05) is 26.7 Å². The van der Waals surface area contributed by atoms with E-state index in [1.165, 1.54) is 11.4 Å². The number of hydrogen-bond donors (Lipinski definition) is 0. The first-order valence-electron chi connectivity index (χ1n) is 8.34. The van der Waals surface area contributed by atoms with Crippen molar-refractivity contribution in [2.45, 2.75) is 52.2 Å². The van der Waals surface area contributed by atoms with Crippen molar-refractivity contribution in [2.24, 2.45) is 5.92 Å². The minimum absolute atomic E-state index is 0.234. The van der Waals surface area contributed by atoms with Gasteiger partial charge >= 0.3 is 6.09 Å². The number of piperidine rings is 1. The van der Waals surface area contributed by atoms with Gasteiger partial charge < -0.3 is 9.64 Å². The molecule has 2 unspecified atom stereocenters. The van der Waals surface area contributed by atoms with E-state index in [2.05, 4.69) is 16.8 Å². The molecule has 1 aliphatic rings. The maximum atomic E-state index is 12.1. The highest BCUT2D eigenvalue weighted by molar-refractivity contribution is 7.09. The Kier molecular flexibility index (Phi) is 6.03. The van der Waals surface area contributed by atoms with Gasteiger partial charge in [0.1, 0.15) is 10.6 Å². The van der Waals surface area contributed by atoms with Crippen molar-refractivity contribution in [1.29, 1.82) is 0 Å². The van der Waals surface area contributed by atoms with Gasteiger partial charge in [-0.25, -0.2) is 9.78 Å². The fraction of sp³-hybridized carbons (Fsp3) is 0.765. The number of rotatable bonds is 4. The van der Waals surface area contributed by atoms with Gasteiger partial charge in [0.2, 0.25) is 0 Å². The summed E-state index contributed by atoms with van der Waals surface area (Å²) < 4.78 is 5.44. The van der Waals surface area contributed by atoms with Crippen LogP contribution in [0.3, 0.4) is 0 Å². The summed E-state index contributed by atoms with van der Waals surface area (Å²) in [6.45, 7) is 10.8. The Hall–Kier alpha value is -1.14. The number of carbonyl (C=O) groups excluding carboxylic acids is 1. The third-order valence-electron chi connectivity index (χ3n) is 4.14. The second-order valence-corrected chi connectivity index (χ2v) is 8.34. The minimum atomic E-state index is -0.441. The lowest BCUT2D eigenvalue weighted by molar-refractivity contribution is 0.0232. The van der Waals surface area contributed by atoms with E-state index in [1.54, 1.807) is 16.2 Å². The van der Waals surface area contributed by atoms with Crippen molar-refractivity contribution in [1.82, 2.24) is 14.8 Å². The van der Waals surface area contributed by atoms with Crippen molar-refractivity contribution in [3.8, 4) is 0 Å². The molecule has 130 valence electrons. The second-order valence-electron chi connectivity index (χ2n) is 7.41. The van der Waals surface area contributed by atoms with Gasteiger partial charge in [0, 0.05) is 31.7 Å². The molecule has 0 N–H and O–H groups in total. The average molecular weight is 340 g/mol. The van der Waals surface area contributed by atoms with Gasteiger partial charge in [-0.1, -0.05) is 0 Å². The summed E-state index contributed by atoms with van der Waals surface area (Å²) in [4.78, 5) is 20.8. The molecule has 2 atom stereocenters. The van der Waals surface area contributed by atoms with Crippen LogP contribution in [0.4, 0.5) is 4.79 Å². The van der Waals surface area contributed by atoms with Gasteiger partial charge in [-0.2, -0.15) is 0 Å². The van der Waals surface area contributed by atoms with Crippen LogP contribution in [0.15, 0.2) is 11.6 Å². The molecule has 5 nitrogen and oxygen atoms in total. The van der Waals surface area contributed by atoms with Crippen molar-refractivity contribution >= 4 is 17.4 Å². The lowest BCUT2D eigenvalue weighted by Crippen LogP contribution is -2.43. The molecule has 0 aliphatic carbocycles. The van der Waals surface area contributed by atoms with E-state index in [0.29, 0.717) is 12.0 Å². The van der Waals surface area contributed by atoms with Crippen molar-refractivity contribution in [3.63, 3.8) is 0 Å². The van der Waals surface area contributed by atoms with Crippen LogP contribution in [-0.2, 0) is 4.74 Å². The van der Waals surface area contributed by atoms with Crippen LogP contribution in [-0.4, -0.2) is 53.2 Å². The van der Waals surface area contributed by atoms with Crippen LogP contribution in [0.25, 0.3) is 0 Å². The molecule has 1 amide bonds. The Morgan fingerprint density at radius 1 is 1.57 bits per heavy atom. The summed E-state index contributed by atoms with van der Waals surface area (Å²) in [6, 6.07) is 0.352. The molecule has 1 aliphatic heterocycles. The van der Waals surface area contributed by atoms with Crippen LogP contribution in [0.1, 0.15) is 51.6 Å². The Morgan fingerprint density at radius 2 is 2.30 bits per heavy atom. The van der Waals surface area contributed by atoms with Crippen LogP contribution in [0.2, 0.25) is 0 Å². The molecule has 0 radical (unpaired) electrons. The fourth-order valence-electron chi connectivity index (χ4n) is 3.00. The average Bonchev–Trinajstić information content (AvgIpc) is 2.99. The van der Waals surface area contributed by atoms with E-state index in [4.69, 9.17) is 4.74 Å². The first-order valence-corrected chi connectivity index (χ1v) is 9.22. The zero-order valence-corrected chi connectivity index (χ0v) is 15.7. The van der Waals surface area contributed by atoms with Gasteiger partial charge in [0.25, 0.3) is 0 Å². The van der Waals surface area contributed by atoms with Crippen molar-refractivity contribution < 1.29 is 9.53 Å². The third-order valence-corrected chi connectivity index (χ3v) is 5.09. The maximum absolute atomic E-state index is 12.1. The summed E-state index contributed by atoms with van der Waals surface area (Å²) in [7, 11) is 1.83. The number of likely N-dealkylation sites (tertiary alicyclic amines) is 1. The van der Waals surface area contributed by atoms with E-state index in [9.17, 15) is 4.79 Å². The zero-order valence-electron chi connectivity index (χ0n) is 14.9. The van der Waals surface area contributed by atoms with Crippen molar-refractivity contribution in [3.05, 3.63) is 16.6 Å². The number of ether oxygens (including phenoxy) is 1. The number of nitrogens with zero attached hydrogens (tertiary/aromatic N) is 3. The highest BCUT2D eigenvalue weighted by Crippen LogP contribution is 2.28. The molecule has 6 heteroatoms. The first-order chi connectivity index (χ1) is 10.8. The molecule has 1 aromatic heterocycles. The van der Waals surface area contributed by atoms with Crippen LogP contribution < -0.4 is 0 Å². The van der Waals surface area contributed by atoms with Gasteiger partial charge in [0.15, 0.2) is 0 Å². The molecule has 23 heavy (non-hydrogen) atoms. The Morgan fingerprint density at radius 3 is 2.91 bits per heavy atom. The Balaban J connectivity index is 1.87. The summed E-state index contributed by atoms with van der Waals surface area (Å²) in [5.74, 6) is 0.490. The number of hydrogen-bond acceptors (Lipinski definition) is 5. The SMILES string of the molecule is CC(c1nccs1)N1CCCC(CN(C)C(=O)OC(C)(C)C)C1. The molecule has 0 saturated carbocycles. The van der Waals surface area contributed by atoms with Gasteiger partial charge in [-0.3, -0.25) is 4.90 Å². The first kappa shape index (κ1) is 18.2. The van der Waals surface area contributed by atoms with Crippen LogP contribution in [0, 0.1) is 5.92 Å². The standard InChI is InChI=1S/C17H29N3O2S/c1-13(15-18-8-10-23-15)20-9-6-7-14(12-20)11-19(5)16(21)22-17(2,3)4/h8,10,13-14H,6-7,9,11-12H2,1-5H3. The van der Waals surface area contributed by atoms with E-state index in [0.717, 1.165) is 26.1 Å². The molecule has 0 bridgehead atoms. The third kappa shape index (κ3) is 5.46. The highest BCUT2D eigenvalue weighted by atomic mass is 32.1. The monoisotopic (exact) mass is 339 g/mol. The maximum Gasteiger partial charge on any atom is 0.410 e. The summed E-state index contributed by atoms with van der Waals surface area (Å²) in [5, 5.41) is 3.20. The molecular weight excluding hydrogens is 310 g/mol. The van der Waals surface area contributed by atoms with Gasteiger partial charge in [-0.05, 0) is 53.0 Å². The highest BCUT2D eigenvalue weighted by Gasteiger charge is 2.28. The molecule has 2 heterocycles. The zero-order chi connectivity index (χ0) is 17.0. The normalized spacial score (nSPS) is 21.0. The van der Waals surface area contributed by atoms with Gasteiger partial charge in [-0.15, -0.1) is 11.3 Å². The number of thiazole rings is 1. The smallest absolute Gasteiger partial charge is 0.410 e. The van der Waals surface area contributed by atoms with E-state index >= 15 is 0 Å². The molecule has 2 rings (SSSR count). The number of carbonyl (C=O) groups is 1. The molecule has 1 saturated heterocycles. The van der Waals surface area contributed by atoms with E-state index < -0.39 is 5.60 Å². The van der Waals surface area contributed by atoms with E-state index in [1.807, 2.05) is 39.4 Å². The van der Waals surface area contributed by atoms with Crippen LogP contribution in [0.5, 0.6) is 0 Å². The molecule has 1 aromatic rings. The lowest BCUT2D eigenvalue weighted by Gasteiger charge is -2.37. The number of amides is 1. The minimum Gasteiger partial charge on any atom is -0.444 e. The van der Waals surface area contributed by atoms with Crippen LogP contribution >= 0.6 is 11.3 Å². The Labute approximate surface area is 143 Å². The topological polar surface area (TPSA) is 45.7 Å². The van der Waals surface area contributed by atoms with Gasteiger partial charge in [0.05, 0.1) is 6.04 Å². The molecule has 0 aromatic carbocycles. The lowest BCUT2D eigenvalue weighted by atomic mass is 9.96. The predicted molar refractivity (Wildman–Crippen MR) is 93.7 cm³/mol. The quantitative estimate of drug-likeness (QED) is 0.837. The van der Waals surface area contributed by atoms with E-state index in [-0.39, 0.29) is 6.09 Å². The summed E-state index contributed by atoms with van der Waals surface area (Å²) in [5.41, 5.74) is -0.441. The predicted octanol–water partition coefficient (Wildman–Crippen LogP) is 3.78. The largest absolute Gasteiger partial charge is 0.444 e. The molecule has 0 spiro atoms. The molecule has 1 fully saturated rings. The second kappa shape index (κ2) is 7.62. The summed E-state index contributed by atoms with van der Waals surface area (Å²) >= 11 is 1.71. The number of aromatic nitrogens is 1. The Bertz CT molecular complexity index is 498. The molecular formula is C17H29N3O2S.